The predicted molar refractivity (Wildman–Crippen MR) is 106 cm³/mol. The fourth-order valence-electron chi connectivity index (χ4n) is 2.17. The van der Waals surface area contributed by atoms with E-state index in [-0.39, 0.29) is 0 Å². The predicted octanol–water partition coefficient (Wildman–Crippen LogP) is 5.66. The molecule has 0 atom stereocenters. The van der Waals surface area contributed by atoms with Gasteiger partial charge in [-0.2, -0.15) is 4.98 Å². The molecule has 0 unspecified atom stereocenters. The lowest BCUT2D eigenvalue weighted by molar-refractivity contribution is 0.380. The van der Waals surface area contributed by atoms with Crippen LogP contribution in [0.25, 0.3) is 0 Å². The zero-order chi connectivity index (χ0) is 18.9. The lowest BCUT2D eigenvalue weighted by Crippen LogP contribution is -1.95. The van der Waals surface area contributed by atoms with Gasteiger partial charge in [0.25, 0.3) is 0 Å². The SMILES string of the molecule is CC.COc1nc(Oc2ccc(Nc3ccc(C)cn3)cc2)ccc1C. The number of ether oxygens (including phenoxy) is 2. The standard InChI is InChI=1S/C19H19N3O2.C2H6/c1-13-4-10-17(20-12-13)21-15-6-8-16(9-7-15)24-18-11-5-14(2)19(22-18)23-3;1-2/h4-12H,1-3H3,(H,20,21);1-2H3. The van der Waals surface area contributed by atoms with E-state index in [9.17, 15) is 0 Å². The highest BCUT2D eigenvalue weighted by molar-refractivity contribution is 5.57. The van der Waals surface area contributed by atoms with E-state index in [1.54, 1.807) is 7.11 Å². The first-order chi connectivity index (χ1) is 12.6. The maximum atomic E-state index is 5.76. The van der Waals surface area contributed by atoms with Crippen LogP contribution >= 0.6 is 0 Å². The van der Waals surface area contributed by atoms with Crippen molar-refractivity contribution in [2.45, 2.75) is 27.7 Å². The Morgan fingerprint density at radius 3 is 2.23 bits per heavy atom. The summed E-state index contributed by atoms with van der Waals surface area (Å²) in [7, 11) is 1.60. The Morgan fingerprint density at radius 1 is 0.885 bits per heavy atom. The van der Waals surface area contributed by atoms with Crippen molar-refractivity contribution in [1.29, 1.82) is 0 Å². The van der Waals surface area contributed by atoms with Gasteiger partial charge in [-0.1, -0.05) is 19.9 Å². The van der Waals surface area contributed by atoms with Crippen LogP contribution in [0.15, 0.2) is 54.7 Å². The molecule has 0 fully saturated rings. The minimum absolute atomic E-state index is 0.498. The van der Waals surface area contributed by atoms with Crippen LogP contribution < -0.4 is 14.8 Å². The zero-order valence-corrected chi connectivity index (χ0v) is 15.9. The maximum Gasteiger partial charge on any atom is 0.222 e. The first kappa shape index (κ1) is 19.2. The highest BCUT2D eigenvalue weighted by Gasteiger charge is 2.04. The van der Waals surface area contributed by atoms with Crippen molar-refractivity contribution in [3.8, 4) is 17.5 Å². The Labute approximate surface area is 155 Å². The number of anilines is 2. The molecule has 3 aromatic rings. The van der Waals surface area contributed by atoms with Crippen molar-refractivity contribution >= 4 is 11.5 Å². The Bertz CT molecular complexity index is 816. The van der Waals surface area contributed by atoms with E-state index in [4.69, 9.17) is 9.47 Å². The summed E-state index contributed by atoms with van der Waals surface area (Å²) in [6.07, 6.45) is 1.83. The molecule has 26 heavy (non-hydrogen) atoms. The van der Waals surface area contributed by atoms with E-state index in [0.717, 1.165) is 22.6 Å². The Kier molecular flexibility index (Phi) is 6.97. The number of nitrogens with one attached hydrogen (secondary N) is 1. The van der Waals surface area contributed by atoms with Crippen molar-refractivity contribution in [2.75, 3.05) is 12.4 Å². The molecule has 5 heteroatoms. The monoisotopic (exact) mass is 351 g/mol. The number of pyridine rings is 2. The summed E-state index contributed by atoms with van der Waals surface area (Å²) in [5.74, 6) is 2.57. The van der Waals surface area contributed by atoms with Gasteiger partial charge in [-0.05, 0) is 55.8 Å². The first-order valence-corrected chi connectivity index (χ1v) is 8.63. The molecule has 0 aliphatic carbocycles. The molecule has 1 N–H and O–H groups in total. The van der Waals surface area contributed by atoms with E-state index in [2.05, 4.69) is 15.3 Å². The van der Waals surface area contributed by atoms with Gasteiger partial charge in [-0.15, -0.1) is 0 Å². The van der Waals surface area contributed by atoms with Crippen LogP contribution in [0.2, 0.25) is 0 Å². The van der Waals surface area contributed by atoms with Gasteiger partial charge in [0, 0.05) is 23.5 Å². The molecule has 0 saturated heterocycles. The van der Waals surface area contributed by atoms with Gasteiger partial charge in [-0.25, -0.2) is 4.98 Å². The average Bonchev–Trinajstić information content (AvgIpc) is 2.68. The summed E-state index contributed by atoms with van der Waals surface area (Å²) < 4.78 is 11.0. The van der Waals surface area contributed by atoms with Gasteiger partial charge >= 0.3 is 0 Å². The molecular weight excluding hydrogens is 326 g/mol. The van der Waals surface area contributed by atoms with Crippen molar-refractivity contribution in [2.24, 2.45) is 0 Å². The molecule has 5 nitrogen and oxygen atoms in total. The zero-order valence-electron chi connectivity index (χ0n) is 15.9. The fourth-order valence-corrected chi connectivity index (χ4v) is 2.17. The molecule has 0 amide bonds. The number of hydrogen-bond donors (Lipinski definition) is 1. The van der Waals surface area contributed by atoms with E-state index in [1.165, 1.54) is 0 Å². The van der Waals surface area contributed by atoms with Crippen LogP contribution in [-0.2, 0) is 0 Å². The van der Waals surface area contributed by atoms with Crippen LogP contribution in [0.5, 0.6) is 17.5 Å². The summed E-state index contributed by atoms with van der Waals surface area (Å²) in [5.41, 5.74) is 3.04. The van der Waals surface area contributed by atoms with Gasteiger partial charge in [0.1, 0.15) is 11.6 Å². The highest BCUT2D eigenvalue weighted by atomic mass is 16.5. The van der Waals surface area contributed by atoms with Gasteiger partial charge in [0.2, 0.25) is 11.8 Å². The maximum absolute atomic E-state index is 5.76. The molecule has 2 aromatic heterocycles. The van der Waals surface area contributed by atoms with Gasteiger partial charge < -0.3 is 14.8 Å². The second-order valence-corrected chi connectivity index (χ2v) is 5.45. The molecule has 0 radical (unpaired) electrons. The van der Waals surface area contributed by atoms with Crippen molar-refractivity contribution in [3.05, 3.63) is 65.9 Å². The molecule has 1 aromatic carbocycles. The lowest BCUT2D eigenvalue weighted by atomic mass is 10.3. The summed E-state index contributed by atoms with van der Waals surface area (Å²) in [6, 6.07) is 15.3. The second kappa shape index (κ2) is 9.42. The number of aromatic nitrogens is 2. The number of hydrogen-bond acceptors (Lipinski definition) is 5. The first-order valence-electron chi connectivity index (χ1n) is 8.63. The highest BCUT2D eigenvalue weighted by Crippen LogP contribution is 2.25. The smallest absolute Gasteiger partial charge is 0.222 e. The van der Waals surface area contributed by atoms with Crippen LogP contribution in [0.1, 0.15) is 25.0 Å². The average molecular weight is 351 g/mol. The van der Waals surface area contributed by atoms with Crippen molar-refractivity contribution in [1.82, 2.24) is 9.97 Å². The molecule has 0 aliphatic rings. The fraction of sp³-hybridized carbons (Fsp3) is 0.238. The largest absolute Gasteiger partial charge is 0.481 e. The number of methoxy groups -OCH3 is 1. The summed E-state index contributed by atoms with van der Waals surface area (Å²) in [5, 5.41) is 3.25. The number of benzene rings is 1. The molecular formula is C21H25N3O2. The number of rotatable bonds is 5. The van der Waals surface area contributed by atoms with E-state index < -0.39 is 0 Å². The second-order valence-electron chi connectivity index (χ2n) is 5.45. The third-order valence-electron chi connectivity index (χ3n) is 3.48. The van der Waals surface area contributed by atoms with Crippen LogP contribution in [0, 0.1) is 13.8 Å². The molecule has 0 saturated carbocycles. The topological polar surface area (TPSA) is 56.3 Å². The van der Waals surface area contributed by atoms with Gasteiger partial charge in [-0.3, -0.25) is 0 Å². The summed E-state index contributed by atoms with van der Waals surface area (Å²) >= 11 is 0. The quantitative estimate of drug-likeness (QED) is 0.642. The minimum Gasteiger partial charge on any atom is -0.481 e. The van der Waals surface area contributed by atoms with E-state index >= 15 is 0 Å². The Hall–Kier alpha value is -3.08. The molecule has 0 aliphatic heterocycles. The van der Waals surface area contributed by atoms with E-state index in [0.29, 0.717) is 17.5 Å². The Balaban J connectivity index is 0.00000117. The van der Waals surface area contributed by atoms with Crippen LogP contribution in [0.3, 0.4) is 0 Å². The molecule has 3 rings (SSSR count). The summed E-state index contributed by atoms with van der Waals surface area (Å²) in [6.45, 7) is 7.95. The van der Waals surface area contributed by atoms with Crippen molar-refractivity contribution in [3.63, 3.8) is 0 Å². The normalized spacial score (nSPS) is 9.73. The Morgan fingerprint density at radius 2 is 1.62 bits per heavy atom. The molecule has 2 heterocycles. The molecule has 136 valence electrons. The number of nitrogens with zero attached hydrogens (tertiary/aromatic N) is 2. The molecule has 0 bridgehead atoms. The van der Waals surface area contributed by atoms with E-state index in [1.807, 2.05) is 82.4 Å². The molecule has 0 spiro atoms. The van der Waals surface area contributed by atoms with Crippen LogP contribution in [-0.4, -0.2) is 17.1 Å². The lowest BCUT2D eigenvalue weighted by Gasteiger charge is -2.09. The van der Waals surface area contributed by atoms with Crippen molar-refractivity contribution < 1.29 is 9.47 Å². The van der Waals surface area contributed by atoms with Gasteiger partial charge in [0.15, 0.2) is 0 Å². The summed E-state index contributed by atoms with van der Waals surface area (Å²) in [4.78, 5) is 8.64. The third-order valence-corrected chi connectivity index (χ3v) is 3.48. The van der Waals surface area contributed by atoms with Crippen LogP contribution in [0.4, 0.5) is 11.5 Å². The number of aryl methyl sites for hydroxylation is 2. The minimum atomic E-state index is 0.498. The third kappa shape index (κ3) is 5.21. The van der Waals surface area contributed by atoms with Gasteiger partial charge in [0.05, 0.1) is 7.11 Å².